The molecule has 0 saturated carbocycles. The number of nitrogens with one attached hydrogen (secondary N) is 1. The van der Waals surface area contributed by atoms with Gasteiger partial charge < -0.3 is 5.32 Å². The topological polar surface area (TPSA) is 29.1 Å². The number of para-hydroxylation sites is 1. The summed E-state index contributed by atoms with van der Waals surface area (Å²) in [6, 6.07) is 12.7. The summed E-state index contributed by atoms with van der Waals surface area (Å²) < 4.78 is 0. The standard InChI is InChI=1S/C16H15Cl2NO/c1-10-9-12(18)7-8-13(10)16(20)19-15-6-4-3-5-14(15)11(2)17/h3-9,11H,1-2H3,(H,19,20). The van der Waals surface area contributed by atoms with Crippen molar-refractivity contribution in [1.29, 1.82) is 0 Å². The van der Waals surface area contributed by atoms with E-state index in [0.717, 1.165) is 16.8 Å². The number of carbonyl (C=O) groups is 1. The molecule has 1 unspecified atom stereocenters. The van der Waals surface area contributed by atoms with Crippen molar-refractivity contribution < 1.29 is 4.79 Å². The molecule has 1 atom stereocenters. The van der Waals surface area contributed by atoms with Gasteiger partial charge in [0.2, 0.25) is 0 Å². The highest BCUT2D eigenvalue weighted by atomic mass is 35.5. The molecule has 2 aromatic rings. The van der Waals surface area contributed by atoms with Crippen molar-refractivity contribution in [2.45, 2.75) is 19.2 Å². The first-order valence-corrected chi connectivity index (χ1v) is 7.11. The first kappa shape index (κ1) is 14.9. The predicted octanol–water partition coefficient (Wildman–Crippen LogP) is 5.20. The Hall–Kier alpha value is -1.51. The van der Waals surface area contributed by atoms with Gasteiger partial charge in [-0.2, -0.15) is 0 Å². The van der Waals surface area contributed by atoms with Crippen LogP contribution in [0.1, 0.15) is 33.8 Å². The lowest BCUT2D eigenvalue weighted by atomic mass is 10.1. The van der Waals surface area contributed by atoms with Crippen molar-refractivity contribution in [2.75, 3.05) is 5.32 Å². The van der Waals surface area contributed by atoms with Crippen LogP contribution in [0.4, 0.5) is 5.69 Å². The summed E-state index contributed by atoms with van der Waals surface area (Å²) in [5.74, 6) is -0.163. The molecule has 20 heavy (non-hydrogen) atoms. The van der Waals surface area contributed by atoms with Crippen molar-refractivity contribution in [2.24, 2.45) is 0 Å². The van der Waals surface area contributed by atoms with E-state index in [9.17, 15) is 4.79 Å². The third-order valence-corrected chi connectivity index (χ3v) is 3.54. The predicted molar refractivity (Wildman–Crippen MR) is 84.9 cm³/mol. The maximum absolute atomic E-state index is 12.3. The normalized spacial score (nSPS) is 12.0. The number of carbonyl (C=O) groups excluding carboxylic acids is 1. The van der Waals surface area contributed by atoms with Gasteiger partial charge in [-0.05, 0) is 49.2 Å². The fourth-order valence-electron chi connectivity index (χ4n) is 2.03. The number of alkyl halides is 1. The molecule has 2 rings (SSSR count). The second kappa shape index (κ2) is 6.29. The number of aryl methyl sites for hydroxylation is 1. The number of amides is 1. The highest BCUT2D eigenvalue weighted by molar-refractivity contribution is 6.30. The molecule has 0 saturated heterocycles. The van der Waals surface area contributed by atoms with E-state index in [2.05, 4.69) is 5.32 Å². The van der Waals surface area contributed by atoms with E-state index >= 15 is 0 Å². The van der Waals surface area contributed by atoms with E-state index in [-0.39, 0.29) is 11.3 Å². The largest absolute Gasteiger partial charge is 0.322 e. The van der Waals surface area contributed by atoms with Gasteiger partial charge in [-0.25, -0.2) is 0 Å². The third-order valence-electron chi connectivity index (χ3n) is 3.07. The van der Waals surface area contributed by atoms with E-state index in [1.807, 2.05) is 38.1 Å². The van der Waals surface area contributed by atoms with Gasteiger partial charge >= 0.3 is 0 Å². The third kappa shape index (κ3) is 3.33. The summed E-state index contributed by atoms with van der Waals surface area (Å²) in [6.45, 7) is 3.73. The molecule has 2 nitrogen and oxygen atoms in total. The maximum atomic E-state index is 12.3. The number of hydrogen-bond donors (Lipinski definition) is 1. The maximum Gasteiger partial charge on any atom is 0.255 e. The SMILES string of the molecule is Cc1cc(Cl)ccc1C(=O)Nc1ccccc1C(C)Cl. The van der Waals surface area contributed by atoms with E-state index in [1.54, 1.807) is 18.2 Å². The van der Waals surface area contributed by atoms with Gasteiger partial charge in [-0.15, -0.1) is 11.6 Å². The van der Waals surface area contributed by atoms with Crippen LogP contribution in [-0.4, -0.2) is 5.91 Å². The average Bonchev–Trinajstić information content (AvgIpc) is 2.38. The molecule has 2 aromatic carbocycles. The van der Waals surface area contributed by atoms with E-state index in [4.69, 9.17) is 23.2 Å². The van der Waals surface area contributed by atoms with Crippen LogP contribution in [0.25, 0.3) is 0 Å². The van der Waals surface area contributed by atoms with Crippen LogP contribution in [0.3, 0.4) is 0 Å². The summed E-state index contributed by atoms with van der Waals surface area (Å²) in [6.07, 6.45) is 0. The second-order valence-corrected chi connectivity index (χ2v) is 5.71. The summed E-state index contributed by atoms with van der Waals surface area (Å²) in [4.78, 5) is 12.3. The quantitative estimate of drug-likeness (QED) is 0.776. The van der Waals surface area contributed by atoms with Crippen LogP contribution in [0.5, 0.6) is 0 Å². The molecule has 104 valence electrons. The van der Waals surface area contributed by atoms with Gasteiger partial charge in [0.1, 0.15) is 0 Å². The number of benzene rings is 2. The molecule has 0 aliphatic rings. The Balaban J connectivity index is 2.28. The van der Waals surface area contributed by atoms with Crippen molar-refractivity contribution in [3.8, 4) is 0 Å². The molecule has 0 aliphatic carbocycles. The van der Waals surface area contributed by atoms with Crippen molar-refractivity contribution in [3.05, 3.63) is 64.2 Å². The van der Waals surface area contributed by atoms with Crippen LogP contribution in [0, 0.1) is 6.92 Å². The molecule has 1 amide bonds. The minimum absolute atomic E-state index is 0.163. The second-order valence-electron chi connectivity index (χ2n) is 4.62. The summed E-state index contributed by atoms with van der Waals surface area (Å²) in [7, 11) is 0. The zero-order chi connectivity index (χ0) is 14.7. The lowest BCUT2D eigenvalue weighted by Gasteiger charge is -2.13. The fraction of sp³-hybridized carbons (Fsp3) is 0.188. The minimum atomic E-state index is -0.169. The fourth-order valence-corrected chi connectivity index (χ4v) is 2.45. The summed E-state index contributed by atoms with van der Waals surface area (Å²) >= 11 is 12.0. The van der Waals surface area contributed by atoms with Crippen molar-refractivity contribution >= 4 is 34.8 Å². The summed E-state index contributed by atoms with van der Waals surface area (Å²) in [5.41, 5.74) is 3.07. The highest BCUT2D eigenvalue weighted by Crippen LogP contribution is 2.27. The van der Waals surface area contributed by atoms with Crippen LogP contribution in [-0.2, 0) is 0 Å². The van der Waals surface area contributed by atoms with Gasteiger partial charge in [0.25, 0.3) is 5.91 Å². The van der Waals surface area contributed by atoms with Gasteiger partial charge in [-0.3, -0.25) is 4.79 Å². The molecule has 0 heterocycles. The van der Waals surface area contributed by atoms with E-state index < -0.39 is 0 Å². The zero-order valence-corrected chi connectivity index (χ0v) is 12.8. The Morgan fingerprint density at radius 2 is 1.90 bits per heavy atom. The lowest BCUT2D eigenvalue weighted by molar-refractivity contribution is 0.102. The molecular weight excluding hydrogens is 293 g/mol. The van der Waals surface area contributed by atoms with Gasteiger partial charge in [-0.1, -0.05) is 29.8 Å². The van der Waals surface area contributed by atoms with Crippen LogP contribution >= 0.6 is 23.2 Å². The molecule has 4 heteroatoms. The summed E-state index contributed by atoms with van der Waals surface area (Å²) in [5, 5.41) is 3.35. The van der Waals surface area contributed by atoms with Crippen molar-refractivity contribution in [3.63, 3.8) is 0 Å². The van der Waals surface area contributed by atoms with E-state index in [0.29, 0.717) is 10.6 Å². The minimum Gasteiger partial charge on any atom is -0.322 e. The molecule has 1 N–H and O–H groups in total. The Morgan fingerprint density at radius 3 is 2.55 bits per heavy atom. The van der Waals surface area contributed by atoms with Gasteiger partial charge in [0.05, 0.1) is 5.38 Å². The molecule has 0 fully saturated rings. The molecule has 0 spiro atoms. The zero-order valence-electron chi connectivity index (χ0n) is 11.3. The lowest BCUT2D eigenvalue weighted by Crippen LogP contribution is -2.14. The Bertz CT molecular complexity index is 638. The highest BCUT2D eigenvalue weighted by Gasteiger charge is 2.13. The van der Waals surface area contributed by atoms with E-state index in [1.165, 1.54) is 0 Å². The Morgan fingerprint density at radius 1 is 1.20 bits per heavy atom. The van der Waals surface area contributed by atoms with Gasteiger partial charge in [0.15, 0.2) is 0 Å². The monoisotopic (exact) mass is 307 g/mol. The van der Waals surface area contributed by atoms with Crippen molar-refractivity contribution in [1.82, 2.24) is 0 Å². The first-order valence-electron chi connectivity index (χ1n) is 6.29. The first-order chi connectivity index (χ1) is 9.49. The molecule has 0 aliphatic heterocycles. The smallest absolute Gasteiger partial charge is 0.255 e. The average molecular weight is 308 g/mol. The number of anilines is 1. The number of rotatable bonds is 3. The van der Waals surface area contributed by atoms with Gasteiger partial charge in [0, 0.05) is 16.3 Å². The van der Waals surface area contributed by atoms with Crippen LogP contribution in [0.2, 0.25) is 5.02 Å². The molecule has 0 aromatic heterocycles. The van der Waals surface area contributed by atoms with Crippen LogP contribution < -0.4 is 5.32 Å². The molecular formula is C16H15Cl2NO. The van der Waals surface area contributed by atoms with Crippen LogP contribution in [0.15, 0.2) is 42.5 Å². The molecule has 0 radical (unpaired) electrons. The number of hydrogen-bond acceptors (Lipinski definition) is 1. The Kier molecular flexibility index (Phi) is 4.69. The Labute approximate surface area is 128 Å². The number of halogens is 2. The molecule has 0 bridgehead atoms.